The Bertz CT molecular complexity index is 700. The van der Waals surface area contributed by atoms with Gasteiger partial charge in [-0.05, 0) is 48.2 Å². The molecule has 0 spiro atoms. The molecule has 0 aromatic heterocycles. The average Bonchev–Trinajstić information content (AvgIpc) is 3.11. The Kier molecular flexibility index (Phi) is 4.89. The zero-order chi connectivity index (χ0) is 16.9. The van der Waals surface area contributed by atoms with Crippen molar-refractivity contribution in [3.63, 3.8) is 0 Å². The van der Waals surface area contributed by atoms with Gasteiger partial charge in [-0.25, -0.2) is 4.79 Å². The van der Waals surface area contributed by atoms with Gasteiger partial charge < -0.3 is 20.1 Å². The number of hydrogen-bond donors (Lipinski definition) is 2. The molecule has 0 radical (unpaired) electrons. The molecule has 2 amide bonds. The summed E-state index contributed by atoms with van der Waals surface area (Å²) in [6.07, 6.45) is 1.95. The number of carbonyl (C=O) groups is 1. The van der Waals surface area contributed by atoms with Crippen LogP contribution in [0.2, 0.25) is 0 Å². The van der Waals surface area contributed by atoms with Gasteiger partial charge in [0, 0.05) is 13.1 Å². The van der Waals surface area contributed by atoms with E-state index in [1.54, 1.807) is 31.4 Å². The number of ether oxygens (including phenoxy) is 1. The van der Waals surface area contributed by atoms with Gasteiger partial charge in [-0.1, -0.05) is 24.3 Å². The number of likely N-dealkylation sites (tertiary alicyclic amines) is 1. The Morgan fingerprint density at radius 1 is 1.29 bits per heavy atom. The van der Waals surface area contributed by atoms with Crippen LogP contribution in [0.25, 0.3) is 0 Å². The molecule has 2 aromatic rings. The molecule has 0 saturated carbocycles. The van der Waals surface area contributed by atoms with Crippen LogP contribution < -0.4 is 10.1 Å². The van der Waals surface area contributed by atoms with Crippen molar-refractivity contribution in [1.82, 2.24) is 10.2 Å². The van der Waals surface area contributed by atoms with Crippen molar-refractivity contribution < 1.29 is 14.6 Å². The highest BCUT2D eigenvalue weighted by Crippen LogP contribution is 2.33. The maximum Gasteiger partial charge on any atom is 0.318 e. The average molecular weight is 326 g/mol. The van der Waals surface area contributed by atoms with Crippen molar-refractivity contribution >= 4 is 6.03 Å². The minimum absolute atomic E-state index is 0.0617. The third kappa shape index (κ3) is 3.62. The van der Waals surface area contributed by atoms with E-state index >= 15 is 0 Å². The number of urea groups is 1. The molecule has 1 heterocycles. The van der Waals surface area contributed by atoms with Gasteiger partial charge in [0.15, 0.2) is 0 Å². The van der Waals surface area contributed by atoms with Crippen LogP contribution in [0.4, 0.5) is 4.79 Å². The fourth-order valence-corrected chi connectivity index (χ4v) is 3.10. The van der Waals surface area contributed by atoms with Crippen molar-refractivity contribution in [3.05, 3.63) is 59.7 Å². The lowest BCUT2D eigenvalue weighted by Crippen LogP contribution is -2.39. The van der Waals surface area contributed by atoms with E-state index in [-0.39, 0.29) is 17.8 Å². The summed E-state index contributed by atoms with van der Waals surface area (Å²) in [6, 6.07) is 14.8. The summed E-state index contributed by atoms with van der Waals surface area (Å²) in [5, 5.41) is 12.3. The first-order chi connectivity index (χ1) is 11.7. The van der Waals surface area contributed by atoms with Gasteiger partial charge in [-0.3, -0.25) is 0 Å². The van der Waals surface area contributed by atoms with Gasteiger partial charge in [-0.2, -0.15) is 0 Å². The largest absolute Gasteiger partial charge is 0.508 e. The van der Waals surface area contributed by atoms with Crippen LogP contribution in [0.3, 0.4) is 0 Å². The molecule has 1 atom stereocenters. The molecule has 1 aliphatic rings. The number of benzene rings is 2. The van der Waals surface area contributed by atoms with E-state index in [1.807, 2.05) is 29.2 Å². The molecule has 24 heavy (non-hydrogen) atoms. The summed E-state index contributed by atoms with van der Waals surface area (Å²) in [5.74, 6) is 1.03. The van der Waals surface area contributed by atoms with Crippen molar-refractivity contribution in [2.75, 3.05) is 13.7 Å². The Hall–Kier alpha value is -2.69. The molecular formula is C19H22N2O3. The van der Waals surface area contributed by atoms with Crippen LogP contribution in [0.5, 0.6) is 11.5 Å². The molecule has 2 aromatic carbocycles. The first-order valence-electron chi connectivity index (χ1n) is 8.13. The van der Waals surface area contributed by atoms with Crippen LogP contribution in [-0.2, 0) is 6.54 Å². The van der Waals surface area contributed by atoms with Crippen LogP contribution in [-0.4, -0.2) is 29.7 Å². The van der Waals surface area contributed by atoms with Crippen LogP contribution >= 0.6 is 0 Å². The molecule has 1 aliphatic heterocycles. The van der Waals surface area contributed by atoms with Gasteiger partial charge in [-0.15, -0.1) is 0 Å². The SMILES string of the molecule is COc1cccc([C@H]2CCCN2C(=O)NCc2ccc(O)cc2)c1. The minimum Gasteiger partial charge on any atom is -0.508 e. The normalized spacial score (nSPS) is 16.9. The molecule has 5 heteroatoms. The Labute approximate surface area is 141 Å². The number of phenolic OH excluding ortho intramolecular Hbond substituents is 1. The summed E-state index contributed by atoms with van der Waals surface area (Å²) in [5.41, 5.74) is 2.06. The van der Waals surface area contributed by atoms with Crippen LogP contribution in [0.15, 0.2) is 48.5 Å². The number of methoxy groups -OCH3 is 1. The highest BCUT2D eigenvalue weighted by molar-refractivity contribution is 5.75. The number of hydrogen-bond acceptors (Lipinski definition) is 3. The lowest BCUT2D eigenvalue weighted by molar-refractivity contribution is 0.192. The minimum atomic E-state index is -0.0617. The Morgan fingerprint density at radius 3 is 2.83 bits per heavy atom. The van der Waals surface area contributed by atoms with E-state index in [0.717, 1.165) is 36.3 Å². The first kappa shape index (κ1) is 16.2. The number of phenols is 1. The molecule has 0 bridgehead atoms. The van der Waals surface area contributed by atoms with Gasteiger partial charge in [0.1, 0.15) is 11.5 Å². The fourth-order valence-electron chi connectivity index (χ4n) is 3.10. The van der Waals surface area contributed by atoms with E-state index in [2.05, 4.69) is 5.32 Å². The Balaban J connectivity index is 1.65. The number of rotatable bonds is 4. The summed E-state index contributed by atoms with van der Waals surface area (Å²) in [4.78, 5) is 14.4. The van der Waals surface area contributed by atoms with Gasteiger partial charge >= 0.3 is 6.03 Å². The van der Waals surface area contributed by atoms with Crippen molar-refractivity contribution in [3.8, 4) is 11.5 Å². The smallest absolute Gasteiger partial charge is 0.318 e. The van der Waals surface area contributed by atoms with Crippen LogP contribution in [0.1, 0.15) is 30.0 Å². The number of carbonyl (C=O) groups excluding carboxylic acids is 1. The number of aromatic hydroxyl groups is 1. The lowest BCUT2D eigenvalue weighted by atomic mass is 10.0. The van der Waals surface area contributed by atoms with E-state index in [9.17, 15) is 9.90 Å². The summed E-state index contributed by atoms with van der Waals surface area (Å²) in [7, 11) is 1.65. The fraction of sp³-hybridized carbons (Fsp3) is 0.316. The molecule has 1 fully saturated rings. The monoisotopic (exact) mass is 326 g/mol. The zero-order valence-electron chi connectivity index (χ0n) is 13.7. The highest BCUT2D eigenvalue weighted by atomic mass is 16.5. The maximum atomic E-state index is 12.6. The van der Waals surface area contributed by atoms with Crippen molar-refractivity contribution in [2.24, 2.45) is 0 Å². The second kappa shape index (κ2) is 7.25. The number of nitrogens with one attached hydrogen (secondary N) is 1. The summed E-state index contributed by atoms with van der Waals surface area (Å²) >= 11 is 0. The van der Waals surface area contributed by atoms with Gasteiger partial charge in [0.25, 0.3) is 0 Å². The van der Waals surface area contributed by atoms with E-state index < -0.39 is 0 Å². The summed E-state index contributed by atoms with van der Waals surface area (Å²) in [6.45, 7) is 1.20. The second-order valence-corrected chi connectivity index (χ2v) is 5.95. The first-order valence-corrected chi connectivity index (χ1v) is 8.13. The topological polar surface area (TPSA) is 61.8 Å². The lowest BCUT2D eigenvalue weighted by Gasteiger charge is -2.25. The maximum absolute atomic E-state index is 12.6. The third-order valence-electron chi connectivity index (χ3n) is 4.37. The highest BCUT2D eigenvalue weighted by Gasteiger charge is 2.29. The zero-order valence-corrected chi connectivity index (χ0v) is 13.7. The van der Waals surface area contributed by atoms with E-state index in [0.29, 0.717) is 6.54 Å². The molecule has 3 rings (SSSR count). The molecule has 0 aliphatic carbocycles. The molecule has 126 valence electrons. The van der Waals surface area contributed by atoms with Crippen molar-refractivity contribution in [2.45, 2.75) is 25.4 Å². The molecule has 1 saturated heterocycles. The van der Waals surface area contributed by atoms with E-state index in [1.165, 1.54) is 0 Å². The van der Waals surface area contributed by atoms with Crippen LogP contribution in [0, 0.1) is 0 Å². The molecule has 2 N–H and O–H groups in total. The molecule has 0 unspecified atom stereocenters. The van der Waals surface area contributed by atoms with Gasteiger partial charge in [0.05, 0.1) is 13.2 Å². The third-order valence-corrected chi connectivity index (χ3v) is 4.37. The summed E-state index contributed by atoms with van der Waals surface area (Å²) < 4.78 is 5.29. The number of amides is 2. The quantitative estimate of drug-likeness (QED) is 0.904. The van der Waals surface area contributed by atoms with Crippen molar-refractivity contribution in [1.29, 1.82) is 0 Å². The Morgan fingerprint density at radius 2 is 2.08 bits per heavy atom. The van der Waals surface area contributed by atoms with E-state index in [4.69, 9.17) is 4.74 Å². The standard InChI is InChI=1S/C19H22N2O3/c1-24-17-5-2-4-15(12-17)18-6-3-11-21(18)19(23)20-13-14-7-9-16(22)10-8-14/h2,4-5,7-10,12,18,22H,3,6,11,13H2,1H3,(H,20,23)/t18-/m1/s1. The number of nitrogens with zero attached hydrogens (tertiary/aromatic N) is 1. The molecular weight excluding hydrogens is 304 g/mol. The predicted molar refractivity (Wildman–Crippen MR) is 92.0 cm³/mol. The second-order valence-electron chi connectivity index (χ2n) is 5.95. The van der Waals surface area contributed by atoms with Gasteiger partial charge in [0.2, 0.25) is 0 Å². The molecule has 5 nitrogen and oxygen atoms in total. The predicted octanol–water partition coefficient (Wildman–Crippen LogP) is 3.45.